The van der Waals surface area contributed by atoms with E-state index in [0.29, 0.717) is 26.2 Å². The first-order valence-electron chi connectivity index (χ1n) is 10.0. The second-order valence-corrected chi connectivity index (χ2v) is 9.47. The number of likely N-dealkylation sites (tertiary alicyclic amines) is 2. The molecule has 0 unspecified atom stereocenters. The molecule has 7 nitrogen and oxygen atoms in total. The van der Waals surface area contributed by atoms with Crippen LogP contribution < -0.4 is 0 Å². The van der Waals surface area contributed by atoms with Crippen LogP contribution in [0.1, 0.15) is 67.2 Å². The lowest BCUT2D eigenvalue weighted by molar-refractivity contribution is -0.0672. The molecule has 0 atom stereocenters. The van der Waals surface area contributed by atoms with Crippen molar-refractivity contribution in [2.24, 2.45) is 0 Å². The molecule has 2 heterocycles. The lowest BCUT2D eigenvalue weighted by atomic mass is 10.0. The Morgan fingerprint density at radius 2 is 0.963 bits per heavy atom. The fourth-order valence-corrected chi connectivity index (χ4v) is 3.27. The van der Waals surface area contributed by atoms with Gasteiger partial charge < -0.3 is 24.0 Å². The molecule has 0 bridgehead atoms. The van der Waals surface area contributed by atoms with E-state index in [1.807, 2.05) is 41.5 Å². The van der Waals surface area contributed by atoms with Gasteiger partial charge in [0.1, 0.15) is 11.2 Å². The zero-order valence-corrected chi connectivity index (χ0v) is 17.7. The predicted octanol–water partition coefficient (Wildman–Crippen LogP) is 3.80. The monoisotopic (exact) mass is 384 g/mol. The minimum atomic E-state index is -0.466. The third kappa shape index (κ3) is 7.56. The normalized spacial score (nSPS) is 20.5. The molecule has 156 valence electrons. The van der Waals surface area contributed by atoms with Crippen molar-refractivity contribution in [2.75, 3.05) is 26.2 Å². The van der Waals surface area contributed by atoms with Crippen LogP contribution in [0.25, 0.3) is 0 Å². The number of piperidine rings is 2. The van der Waals surface area contributed by atoms with Gasteiger partial charge >= 0.3 is 12.2 Å². The third-order valence-corrected chi connectivity index (χ3v) is 4.57. The van der Waals surface area contributed by atoms with Gasteiger partial charge in [0, 0.05) is 26.2 Å². The highest BCUT2D eigenvalue weighted by molar-refractivity contribution is 5.68. The molecule has 0 N–H and O–H groups in total. The summed E-state index contributed by atoms with van der Waals surface area (Å²) in [5, 5.41) is 0. The second kappa shape index (κ2) is 8.67. The Morgan fingerprint density at radius 3 is 1.22 bits per heavy atom. The van der Waals surface area contributed by atoms with Gasteiger partial charge in [-0.25, -0.2) is 9.59 Å². The van der Waals surface area contributed by atoms with Gasteiger partial charge in [0.05, 0.1) is 12.2 Å². The van der Waals surface area contributed by atoms with Crippen LogP contribution in [-0.4, -0.2) is 71.6 Å². The first-order valence-corrected chi connectivity index (χ1v) is 10.0. The zero-order valence-electron chi connectivity index (χ0n) is 17.7. The Labute approximate surface area is 163 Å². The minimum Gasteiger partial charge on any atom is -0.444 e. The van der Waals surface area contributed by atoms with E-state index in [9.17, 15) is 9.59 Å². The molecule has 0 aromatic carbocycles. The molecule has 0 aromatic heterocycles. The largest absolute Gasteiger partial charge is 0.444 e. The highest BCUT2D eigenvalue weighted by atomic mass is 16.6. The van der Waals surface area contributed by atoms with Crippen molar-refractivity contribution in [1.82, 2.24) is 9.80 Å². The Morgan fingerprint density at radius 1 is 0.667 bits per heavy atom. The molecular formula is C20H36N2O5. The van der Waals surface area contributed by atoms with Crippen LogP contribution in [-0.2, 0) is 14.2 Å². The molecule has 2 aliphatic rings. The molecule has 2 aliphatic heterocycles. The Bertz CT molecular complexity index is 461. The van der Waals surface area contributed by atoms with Crippen LogP contribution in [0.2, 0.25) is 0 Å². The summed E-state index contributed by atoms with van der Waals surface area (Å²) < 4.78 is 17.1. The van der Waals surface area contributed by atoms with E-state index in [4.69, 9.17) is 14.2 Å². The van der Waals surface area contributed by atoms with Gasteiger partial charge in [0.25, 0.3) is 0 Å². The van der Waals surface area contributed by atoms with Crippen molar-refractivity contribution in [2.45, 2.75) is 90.6 Å². The minimum absolute atomic E-state index is 0.168. The van der Waals surface area contributed by atoms with Crippen molar-refractivity contribution in [3.63, 3.8) is 0 Å². The highest BCUT2D eigenvalue weighted by Gasteiger charge is 2.31. The predicted molar refractivity (Wildman–Crippen MR) is 103 cm³/mol. The van der Waals surface area contributed by atoms with Gasteiger partial charge in [0.2, 0.25) is 0 Å². The first-order chi connectivity index (χ1) is 12.4. The van der Waals surface area contributed by atoms with Crippen molar-refractivity contribution in [1.29, 1.82) is 0 Å². The maximum absolute atomic E-state index is 12.1. The summed E-state index contributed by atoms with van der Waals surface area (Å²) in [6, 6.07) is 0. The second-order valence-electron chi connectivity index (χ2n) is 9.47. The van der Waals surface area contributed by atoms with Crippen LogP contribution in [0.3, 0.4) is 0 Å². The fraction of sp³-hybridized carbons (Fsp3) is 0.900. The summed E-state index contributed by atoms with van der Waals surface area (Å²) in [7, 11) is 0. The topological polar surface area (TPSA) is 68.3 Å². The number of nitrogens with zero attached hydrogens (tertiary/aromatic N) is 2. The van der Waals surface area contributed by atoms with E-state index in [-0.39, 0.29) is 24.4 Å². The molecule has 0 saturated carbocycles. The maximum Gasteiger partial charge on any atom is 0.410 e. The number of carbonyl (C=O) groups excluding carboxylic acids is 2. The Balaban J connectivity index is 1.69. The van der Waals surface area contributed by atoms with Crippen molar-refractivity contribution >= 4 is 12.2 Å². The molecule has 0 aliphatic carbocycles. The summed E-state index contributed by atoms with van der Waals surface area (Å²) in [6.07, 6.45) is 3.15. The van der Waals surface area contributed by atoms with Gasteiger partial charge in [0.15, 0.2) is 0 Å². The molecule has 2 fully saturated rings. The quantitative estimate of drug-likeness (QED) is 0.724. The number of ether oxygens (including phenoxy) is 3. The van der Waals surface area contributed by atoms with Crippen molar-refractivity contribution in [3.8, 4) is 0 Å². The van der Waals surface area contributed by atoms with E-state index < -0.39 is 11.2 Å². The number of hydrogen-bond acceptors (Lipinski definition) is 5. The van der Waals surface area contributed by atoms with Crippen LogP contribution in [0.5, 0.6) is 0 Å². The van der Waals surface area contributed by atoms with Gasteiger partial charge in [-0.3, -0.25) is 0 Å². The van der Waals surface area contributed by atoms with Gasteiger partial charge in [-0.05, 0) is 67.2 Å². The van der Waals surface area contributed by atoms with E-state index in [1.165, 1.54) is 0 Å². The fourth-order valence-electron chi connectivity index (χ4n) is 3.27. The van der Waals surface area contributed by atoms with Crippen molar-refractivity contribution < 1.29 is 23.8 Å². The molecule has 7 heteroatoms. The summed E-state index contributed by atoms with van der Waals surface area (Å²) in [6.45, 7) is 13.9. The SMILES string of the molecule is CC(C)(C)OC(=O)N1CCC(OC2CCN(C(=O)OC(C)(C)C)CC2)CC1. The summed E-state index contributed by atoms with van der Waals surface area (Å²) in [5.41, 5.74) is -0.931. The molecule has 27 heavy (non-hydrogen) atoms. The maximum atomic E-state index is 12.1. The third-order valence-electron chi connectivity index (χ3n) is 4.57. The zero-order chi connectivity index (χ0) is 20.2. The lowest BCUT2D eigenvalue weighted by Gasteiger charge is -2.37. The van der Waals surface area contributed by atoms with E-state index >= 15 is 0 Å². The van der Waals surface area contributed by atoms with Crippen LogP contribution in [0.4, 0.5) is 9.59 Å². The summed E-state index contributed by atoms with van der Waals surface area (Å²) in [4.78, 5) is 27.8. The molecule has 2 amide bonds. The number of amides is 2. The van der Waals surface area contributed by atoms with Crippen LogP contribution >= 0.6 is 0 Å². The molecule has 0 radical (unpaired) electrons. The lowest BCUT2D eigenvalue weighted by Crippen LogP contribution is -2.46. The highest BCUT2D eigenvalue weighted by Crippen LogP contribution is 2.23. The molecular weight excluding hydrogens is 348 g/mol. The van der Waals surface area contributed by atoms with Crippen molar-refractivity contribution in [3.05, 3.63) is 0 Å². The Kier molecular flexibility index (Phi) is 7.00. The summed E-state index contributed by atoms with van der Waals surface area (Å²) in [5.74, 6) is 0. The average Bonchev–Trinajstić information content (AvgIpc) is 2.53. The Hall–Kier alpha value is -1.50. The smallest absolute Gasteiger partial charge is 0.410 e. The van der Waals surface area contributed by atoms with Crippen LogP contribution in [0.15, 0.2) is 0 Å². The van der Waals surface area contributed by atoms with Crippen LogP contribution in [0, 0.1) is 0 Å². The number of hydrogen-bond donors (Lipinski definition) is 0. The van der Waals surface area contributed by atoms with Gasteiger partial charge in [-0.2, -0.15) is 0 Å². The van der Waals surface area contributed by atoms with E-state index in [0.717, 1.165) is 25.7 Å². The molecule has 0 spiro atoms. The first kappa shape index (κ1) is 21.8. The number of carbonyl (C=O) groups is 2. The van der Waals surface area contributed by atoms with Gasteiger partial charge in [-0.15, -0.1) is 0 Å². The van der Waals surface area contributed by atoms with Gasteiger partial charge in [-0.1, -0.05) is 0 Å². The average molecular weight is 385 g/mol. The van der Waals surface area contributed by atoms with E-state index in [1.54, 1.807) is 9.80 Å². The molecule has 2 rings (SSSR count). The molecule has 0 aromatic rings. The molecule has 2 saturated heterocycles. The summed E-state index contributed by atoms with van der Waals surface area (Å²) >= 11 is 0. The standard InChI is InChI=1S/C20H36N2O5/c1-19(2,3)26-17(23)21-11-7-15(8-12-21)25-16-9-13-22(14-10-16)18(24)27-20(4,5)6/h15-16H,7-14H2,1-6H3. The number of rotatable bonds is 2. The van der Waals surface area contributed by atoms with E-state index in [2.05, 4.69) is 0 Å².